The topological polar surface area (TPSA) is 49.4 Å². The van der Waals surface area contributed by atoms with Gasteiger partial charge in [0.1, 0.15) is 0 Å². The van der Waals surface area contributed by atoms with E-state index in [1.807, 2.05) is 40.6 Å². The fourth-order valence-corrected chi connectivity index (χ4v) is 5.92. The minimum Gasteiger partial charge on any atom is -0.352 e. The largest absolute Gasteiger partial charge is 0.352 e. The van der Waals surface area contributed by atoms with Crippen LogP contribution in [0, 0.1) is 11.8 Å². The van der Waals surface area contributed by atoms with Crippen molar-refractivity contribution in [1.82, 2.24) is 10.2 Å². The van der Waals surface area contributed by atoms with Crippen molar-refractivity contribution in [3.05, 3.63) is 57.8 Å². The fraction of sp³-hybridized carbons (Fsp3) is 0.520. The first-order valence-corrected chi connectivity index (χ1v) is 12.1. The van der Waals surface area contributed by atoms with Crippen LogP contribution in [0.5, 0.6) is 0 Å². The van der Waals surface area contributed by atoms with Crippen LogP contribution in [0.25, 0.3) is 0 Å². The Hall–Kier alpha value is -2.14. The Labute approximate surface area is 183 Å². The summed E-state index contributed by atoms with van der Waals surface area (Å²) in [6.45, 7) is 7.12. The number of fused-ring (bicyclic) bond motifs is 1. The van der Waals surface area contributed by atoms with Gasteiger partial charge in [-0.3, -0.25) is 9.59 Å². The van der Waals surface area contributed by atoms with Crippen molar-refractivity contribution in [2.45, 2.75) is 64.5 Å². The Balaban J connectivity index is 1.76. The van der Waals surface area contributed by atoms with Crippen molar-refractivity contribution in [3.63, 3.8) is 0 Å². The monoisotopic (exact) mass is 424 g/mol. The van der Waals surface area contributed by atoms with Crippen molar-refractivity contribution in [1.29, 1.82) is 0 Å². The van der Waals surface area contributed by atoms with E-state index in [-0.39, 0.29) is 29.8 Å². The quantitative estimate of drug-likeness (QED) is 0.700. The van der Waals surface area contributed by atoms with Gasteiger partial charge in [-0.05, 0) is 47.8 Å². The molecule has 0 saturated heterocycles. The van der Waals surface area contributed by atoms with Gasteiger partial charge in [0.15, 0.2) is 0 Å². The molecule has 1 fully saturated rings. The Bertz CT molecular complexity index is 892. The van der Waals surface area contributed by atoms with Crippen molar-refractivity contribution >= 4 is 23.2 Å². The lowest BCUT2D eigenvalue weighted by Gasteiger charge is -2.42. The number of carbonyl (C=O) groups is 2. The number of amides is 2. The molecule has 1 aliphatic heterocycles. The summed E-state index contributed by atoms with van der Waals surface area (Å²) >= 11 is 1.63. The third-order valence-corrected chi connectivity index (χ3v) is 7.50. The molecule has 2 heterocycles. The summed E-state index contributed by atoms with van der Waals surface area (Å²) in [5.74, 6) is 0.526. The van der Waals surface area contributed by atoms with Gasteiger partial charge in [0.05, 0.1) is 12.0 Å². The van der Waals surface area contributed by atoms with Crippen molar-refractivity contribution in [2.75, 3.05) is 6.54 Å². The molecule has 160 valence electrons. The van der Waals surface area contributed by atoms with Crippen molar-refractivity contribution in [3.8, 4) is 0 Å². The lowest BCUT2D eigenvalue weighted by molar-refractivity contribution is -0.125. The van der Waals surface area contributed by atoms with Gasteiger partial charge in [0.2, 0.25) is 5.91 Å². The smallest absolute Gasteiger partial charge is 0.254 e. The molecule has 5 heteroatoms. The third-order valence-electron chi connectivity index (χ3n) is 6.56. The minimum absolute atomic E-state index is 0.0350. The highest BCUT2D eigenvalue weighted by Gasteiger charge is 2.45. The maximum Gasteiger partial charge on any atom is 0.254 e. The zero-order valence-electron chi connectivity index (χ0n) is 18.1. The number of nitrogens with one attached hydrogen (secondary N) is 1. The summed E-state index contributed by atoms with van der Waals surface area (Å²) in [7, 11) is 0. The first-order valence-electron chi connectivity index (χ1n) is 11.2. The highest BCUT2D eigenvalue weighted by Crippen LogP contribution is 2.44. The summed E-state index contributed by atoms with van der Waals surface area (Å²) in [6.07, 6.45) is 4.62. The maximum absolute atomic E-state index is 13.8. The second kappa shape index (κ2) is 8.93. The van der Waals surface area contributed by atoms with Crippen LogP contribution >= 0.6 is 11.3 Å². The molecular weight excluding hydrogens is 392 g/mol. The minimum atomic E-state index is -0.384. The highest BCUT2D eigenvalue weighted by atomic mass is 32.1. The lowest BCUT2D eigenvalue weighted by atomic mass is 9.80. The van der Waals surface area contributed by atoms with Crippen LogP contribution in [-0.2, 0) is 4.79 Å². The number of rotatable bonds is 5. The predicted octanol–water partition coefficient (Wildman–Crippen LogP) is 5.38. The molecule has 0 unspecified atom stereocenters. The van der Waals surface area contributed by atoms with Crippen LogP contribution in [0.3, 0.4) is 0 Å². The van der Waals surface area contributed by atoms with Gasteiger partial charge in [-0.2, -0.15) is 0 Å². The molecule has 4 atom stereocenters. The van der Waals surface area contributed by atoms with E-state index in [0.29, 0.717) is 23.9 Å². The van der Waals surface area contributed by atoms with Gasteiger partial charge in [-0.15, -0.1) is 11.3 Å². The summed E-state index contributed by atoms with van der Waals surface area (Å²) in [6, 6.07) is 11.7. The average Bonchev–Trinajstić information content (AvgIpc) is 3.25. The molecule has 1 aromatic carbocycles. The van der Waals surface area contributed by atoms with Crippen LogP contribution in [-0.4, -0.2) is 29.3 Å². The lowest BCUT2D eigenvalue weighted by Crippen LogP contribution is -2.51. The molecule has 1 N–H and O–H groups in total. The third kappa shape index (κ3) is 4.04. The number of hydrogen-bond acceptors (Lipinski definition) is 3. The molecular formula is C25H32N2O2S. The van der Waals surface area contributed by atoms with Crippen LogP contribution in [0.4, 0.5) is 0 Å². The highest BCUT2D eigenvalue weighted by molar-refractivity contribution is 7.10. The molecule has 1 aromatic heterocycles. The number of hydrogen-bond donors (Lipinski definition) is 1. The summed E-state index contributed by atoms with van der Waals surface area (Å²) in [5.41, 5.74) is 1.53. The number of nitrogens with zero attached hydrogens (tertiary/aromatic N) is 1. The standard InChI is InChI=1S/C25H32N2O2S/c1-16(2)15-27-23(21-13-8-14-30-21)22(18-10-5-6-11-19(18)25(27)29)24(28)26-20-12-7-4-9-17(20)3/h5-6,8,10-11,13-14,16-17,20,22-23H,4,7,9,12,15H2,1-3H3,(H,26,28)/t17-,20-,22+,23+/m1/s1. The van der Waals surface area contributed by atoms with Gasteiger partial charge < -0.3 is 10.2 Å². The van der Waals surface area contributed by atoms with Gasteiger partial charge in [0, 0.05) is 23.0 Å². The number of benzene rings is 1. The van der Waals surface area contributed by atoms with E-state index in [9.17, 15) is 9.59 Å². The van der Waals surface area contributed by atoms with E-state index >= 15 is 0 Å². The zero-order chi connectivity index (χ0) is 21.3. The molecule has 0 bridgehead atoms. The molecule has 0 radical (unpaired) electrons. The summed E-state index contributed by atoms with van der Waals surface area (Å²) in [5, 5.41) is 5.42. The molecule has 1 aliphatic carbocycles. The zero-order valence-corrected chi connectivity index (χ0v) is 19.0. The van der Waals surface area contributed by atoms with Gasteiger partial charge in [-0.25, -0.2) is 0 Å². The van der Waals surface area contributed by atoms with Crippen LogP contribution in [0.2, 0.25) is 0 Å². The molecule has 4 rings (SSSR count). The van der Waals surface area contributed by atoms with Crippen molar-refractivity contribution in [2.24, 2.45) is 11.8 Å². The van der Waals surface area contributed by atoms with E-state index in [1.165, 1.54) is 19.3 Å². The molecule has 0 spiro atoms. The Kier molecular flexibility index (Phi) is 6.28. The Morgan fingerprint density at radius 2 is 1.93 bits per heavy atom. The average molecular weight is 425 g/mol. The Morgan fingerprint density at radius 1 is 1.17 bits per heavy atom. The second-order valence-electron chi connectivity index (χ2n) is 9.25. The number of thiophene rings is 1. The van der Waals surface area contributed by atoms with E-state index in [0.717, 1.165) is 16.9 Å². The Morgan fingerprint density at radius 3 is 2.63 bits per heavy atom. The summed E-state index contributed by atoms with van der Waals surface area (Å²) in [4.78, 5) is 30.3. The predicted molar refractivity (Wildman–Crippen MR) is 122 cm³/mol. The molecule has 30 heavy (non-hydrogen) atoms. The van der Waals surface area contributed by atoms with Crippen molar-refractivity contribution < 1.29 is 9.59 Å². The molecule has 2 amide bonds. The normalized spacial score (nSPS) is 26.5. The summed E-state index contributed by atoms with van der Waals surface area (Å²) < 4.78 is 0. The van der Waals surface area contributed by atoms with Crippen LogP contribution < -0.4 is 5.32 Å². The molecule has 1 saturated carbocycles. The van der Waals surface area contributed by atoms with E-state index in [4.69, 9.17) is 0 Å². The molecule has 2 aliphatic rings. The van der Waals surface area contributed by atoms with Crippen LogP contribution in [0.1, 0.15) is 79.2 Å². The van der Waals surface area contributed by atoms with Gasteiger partial charge in [-0.1, -0.05) is 57.9 Å². The molecule has 4 nitrogen and oxygen atoms in total. The van der Waals surface area contributed by atoms with E-state index in [2.05, 4.69) is 32.2 Å². The van der Waals surface area contributed by atoms with Crippen LogP contribution in [0.15, 0.2) is 41.8 Å². The SMILES string of the molecule is CC(C)CN1C(=O)c2ccccc2[C@H](C(=O)N[C@@H]2CCCC[C@H]2C)[C@@H]1c1cccs1. The maximum atomic E-state index is 13.8. The molecule has 2 aromatic rings. The first kappa shape index (κ1) is 21.1. The fourth-order valence-electron chi connectivity index (χ4n) is 5.05. The number of carbonyl (C=O) groups excluding carboxylic acids is 2. The van der Waals surface area contributed by atoms with E-state index < -0.39 is 0 Å². The first-order chi connectivity index (χ1) is 14.5. The second-order valence-corrected chi connectivity index (χ2v) is 10.2. The van der Waals surface area contributed by atoms with E-state index in [1.54, 1.807) is 11.3 Å². The van der Waals surface area contributed by atoms with Gasteiger partial charge in [0.25, 0.3) is 5.91 Å². The van der Waals surface area contributed by atoms with Gasteiger partial charge >= 0.3 is 0 Å².